The molecule has 0 amide bonds. The van der Waals surface area contributed by atoms with E-state index >= 15 is 0 Å². The SMILES string of the molecule is CN(CC(O)COc1ccc(N)cc1)C1CCCC1. The summed E-state index contributed by atoms with van der Waals surface area (Å²) < 4.78 is 5.55. The van der Waals surface area contributed by atoms with Gasteiger partial charge in [0.05, 0.1) is 0 Å². The molecule has 4 heteroatoms. The fourth-order valence-corrected chi connectivity index (χ4v) is 2.64. The van der Waals surface area contributed by atoms with Crippen molar-refractivity contribution in [1.29, 1.82) is 0 Å². The monoisotopic (exact) mass is 264 g/mol. The summed E-state index contributed by atoms with van der Waals surface area (Å²) in [5.41, 5.74) is 6.32. The van der Waals surface area contributed by atoms with E-state index < -0.39 is 6.10 Å². The zero-order valence-corrected chi connectivity index (χ0v) is 11.6. The Labute approximate surface area is 115 Å². The lowest BCUT2D eigenvalue weighted by Crippen LogP contribution is -2.38. The third-order valence-corrected chi connectivity index (χ3v) is 3.77. The van der Waals surface area contributed by atoms with Gasteiger partial charge in [-0.3, -0.25) is 0 Å². The fourth-order valence-electron chi connectivity index (χ4n) is 2.64. The Balaban J connectivity index is 1.71. The highest BCUT2D eigenvalue weighted by Crippen LogP contribution is 2.22. The van der Waals surface area contributed by atoms with Crippen LogP contribution in [0.4, 0.5) is 5.69 Å². The van der Waals surface area contributed by atoms with Gasteiger partial charge in [-0.15, -0.1) is 0 Å². The van der Waals surface area contributed by atoms with Crippen LogP contribution in [0, 0.1) is 0 Å². The normalized spacial score (nSPS) is 17.8. The maximum atomic E-state index is 10.0. The van der Waals surface area contributed by atoms with Crippen molar-refractivity contribution in [2.45, 2.75) is 37.8 Å². The summed E-state index contributed by atoms with van der Waals surface area (Å²) in [5, 5.41) is 10.0. The van der Waals surface area contributed by atoms with E-state index in [-0.39, 0.29) is 0 Å². The maximum Gasteiger partial charge on any atom is 0.119 e. The molecule has 0 radical (unpaired) electrons. The molecule has 1 fully saturated rings. The number of benzene rings is 1. The number of aliphatic hydroxyl groups is 1. The molecule has 1 saturated carbocycles. The van der Waals surface area contributed by atoms with Crippen molar-refractivity contribution in [2.75, 3.05) is 25.9 Å². The highest BCUT2D eigenvalue weighted by molar-refractivity contribution is 5.41. The molecule has 0 saturated heterocycles. The van der Waals surface area contributed by atoms with Gasteiger partial charge < -0.3 is 20.5 Å². The van der Waals surface area contributed by atoms with E-state index in [0.29, 0.717) is 24.9 Å². The maximum absolute atomic E-state index is 10.0. The molecule has 1 aliphatic carbocycles. The van der Waals surface area contributed by atoms with Crippen LogP contribution in [0.3, 0.4) is 0 Å². The van der Waals surface area contributed by atoms with Crippen molar-refractivity contribution in [1.82, 2.24) is 4.90 Å². The minimum Gasteiger partial charge on any atom is -0.491 e. The number of anilines is 1. The number of rotatable bonds is 6. The van der Waals surface area contributed by atoms with E-state index in [1.807, 2.05) is 12.1 Å². The summed E-state index contributed by atoms with van der Waals surface area (Å²) in [6.07, 6.45) is 4.67. The Bertz CT molecular complexity index is 374. The van der Waals surface area contributed by atoms with Gasteiger partial charge in [0, 0.05) is 18.3 Å². The van der Waals surface area contributed by atoms with Crippen LogP contribution in [-0.2, 0) is 0 Å². The average Bonchev–Trinajstić information content (AvgIpc) is 2.92. The van der Waals surface area contributed by atoms with Gasteiger partial charge in [0.25, 0.3) is 0 Å². The first-order valence-electron chi connectivity index (χ1n) is 7.02. The fraction of sp³-hybridized carbons (Fsp3) is 0.600. The Morgan fingerprint density at radius 2 is 1.95 bits per heavy atom. The molecule has 19 heavy (non-hydrogen) atoms. The van der Waals surface area contributed by atoms with E-state index in [2.05, 4.69) is 11.9 Å². The van der Waals surface area contributed by atoms with Crippen LogP contribution in [0.5, 0.6) is 5.75 Å². The zero-order chi connectivity index (χ0) is 13.7. The van der Waals surface area contributed by atoms with Crippen LogP contribution >= 0.6 is 0 Å². The van der Waals surface area contributed by atoms with Gasteiger partial charge in [0.2, 0.25) is 0 Å². The van der Waals surface area contributed by atoms with Crippen LogP contribution in [0.25, 0.3) is 0 Å². The van der Waals surface area contributed by atoms with Crippen molar-refractivity contribution in [2.24, 2.45) is 0 Å². The predicted octanol–water partition coefficient (Wildman–Crippen LogP) is 1.88. The molecule has 1 unspecified atom stereocenters. The largest absolute Gasteiger partial charge is 0.491 e. The second-order valence-electron chi connectivity index (χ2n) is 5.41. The van der Waals surface area contributed by atoms with Gasteiger partial charge in [-0.25, -0.2) is 0 Å². The van der Waals surface area contributed by atoms with Gasteiger partial charge in [-0.2, -0.15) is 0 Å². The highest BCUT2D eigenvalue weighted by atomic mass is 16.5. The second kappa shape index (κ2) is 6.78. The molecule has 0 aliphatic heterocycles. The van der Waals surface area contributed by atoms with Crippen molar-refractivity contribution >= 4 is 5.69 Å². The van der Waals surface area contributed by atoms with Crippen molar-refractivity contribution in [3.05, 3.63) is 24.3 Å². The van der Waals surface area contributed by atoms with E-state index in [1.165, 1.54) is 25.7 Å². The number of nitrogen functional groups attached to an aromatic ring is 1. The zero-order valence-electron chi connectivity index (χ0n) is 11.6. The lowest BCUT2D eigenvalue weighted by Gasteiger charge is -2.26. The van der Waals surface area contributed by atoms with Gasteiger partial charge in [-0.05, 0) is 44.2 Å². The number of likely N-dealkylation sites (N-methyl/N-ethyl adjacent to an activating group) is 1. The van der Waals surface area contributed by atoms with E-state index in [9.17, 15) is 5.11 Å². The van der Waals surface area contributed by atoms with Crippen LogP contribution in [-0.4, -0.2) is 42.4 Å². The van der Waals surface area contributed by atoms with Gasteiger partial charge in [0.1, 0.15) is 18.5 Å². The van der Waals surface area contributed by atoms with Crippen LogP contribution < -0.4 is 10.5 Å². The second-order valence-corrected chi connectivity index (χ2v) is 5.41. The number of nitrogens with zero attached hydrogens (tertiary/aromatic N) is 1. The molecule has 1 aromatic rings. The van der Waals surface area contributed by atoms with E-state index in [0.717, 1.165) is 5.75 Å². The summed E-state index contributed by atoms with van der Waals surface area (Å²) >= 11 is 0. The quantitative estimate of drug-likeness (QED) is 0.770. The third-order valence-electron chi connectivity index (χ3n) is 3.77. The molecule has 0 spiro atoms. The summed E-state index contributed by atoms with van der Waals surface area (Å²) in [7, 11) is 2.09. The predicted molar refractivity (Wildman–Crippen MR) is 77.2 cm³/mol. The molecule has 2 rings (SSSR count). The summed E-state index contributed by atoms with van der Waals surface area (Å²) in [5.74, 6) is 0.747. The number of ether oxygens (including phenoxy) is 1. The third kappa shape index (κ3) is 4.40. The summed E-state index contributed by atoms with van der Waals surface area (Å²) in [6, 6.07) is 7.87. The lowest BCUT2D eigenvalue weighted by atomic mass is 10.2. The minimum atomic E-state index is -0.455. The average molecular weight is 264 g/mol. The molecule has 1 aliphatic rings. The molecule has 0 bridgehead atoms. The Hall–Kier alpha value is -1.26. The summed E-state index contributed by atoms with van der Waals surface area (Å²) in [6.45, 7) is 0.987. The van der Waals surface area contributed by atoms with Crippen LogP contribution in [0.15, 0.2) is 24.3 Å². The van der Waals surface area contributed by atoms with Gasteiger partial charge in [-0.1, -0.05) is 12.8 Å². The first-order valence-corrected chi connectivity index (χ1v) is 7.02. The molecule has 0 aromatic heterocycles. The lowest BCUT2D eigenvalue weighted by molar-refractivity contribution is 0.0638. The molecule has 4 nitrogen and oxygen atoms in total. The Kier molecular flexibility index (Phi) is 5.05. The number of hydrogen-bond donors (Lipinski definition) is 2. The molecular weight excluding hydrogens is 240 g/mol. The van der Waals surface area contributed by atoms with Crippen molar-refractivity contribution in [3.63, 3.8) is 0 Å². The number of nitrogens with two attached hydrogens (primary N) is 1. The Morgan fingerprint density at radius 1 is 1.32 bits per heavy atom. The number of aliphatic hydroxyl groups excluding tert-OH is 1. The standard InChI is InChI=1S/C15H24N2O2/c1-17(13-4-2-3-5-13)10-14(18)11-19-15-8-6-12(16)7-9-15/h6-9,13-14,18H,2-5,10-11,16H2,1H3. The molecule has 1 atom stereocenters. The van der Waals surface area contributed by atoms with Gasteiger partial charge >= 0.3 is 0 Å². The van der Waals surface area contributed by atoms with Gasteiger partial charge in [0.15, 0.2) is 0 Å². The first kappa shape index (κ1) is 14.2. The highest BCUT2D eigenvalue weighted by Gasteiger charge is 2.21. The first-order chi connectivity index (χ1) is 9.15. The minimum absolute atomic E-state index is 0.320. The molecule has 0 heterocycles. The van der Waals surface area contributed by atoms with Crippen molar-refractivity contribution in [3.8, 4) is 5.75 Å². The van der Waals surface area contributed by atoms with Crippen LogP contribution in [0.1, 0.15) is 25.7 Å². The van der Waals surface area contributed by atoms with E-state index in [4.69, 9.17) is 10.5 Å². The molecule has 1 aromatic carbocycles. The molecular formula is C15H24N2O2. The van der Waals surface area contributed by atoms with Crippen LogP contribution in [0.2, 0.25) is 0 Å². The van der Waals surface area contributed by atoms with E-state index in [1.54, 1.807) is 12.1 Å². The summed E-state index contributed by atoms with van der Waals surface area (Å²) in [4.78, 5) is 2.25. The smallest absolute Gasteiger partial charge is 0.119 e. The van der Waals surface area contributed by atoms with Crippen molar-refractivity contribution < 1.29 is 9.84 Å². The molecule has 3 N–H and O–H groups in total. The Morgan fingerprint density at radius 3 is 2.58 bits per heavy atom. The number of hydrogen-bond acceptors (Lipinski definition) is 4. The topological polar surface area (TPSA) is 58.7 Å². The molecule has 106 valence electrons.